The Balaban J connectivity index is 2.38. The van der Waals surface area contributed by atoms with Crippen LogP contribution in [0.2, 0.25) is 0 Å². The third kappa shape index (κ3) is 2.06. The third-order valence-electron chi connectivity index (χ3n) is 3.18. The Hall–Kier alpha value is -1.96. The molecule has 2 N–H and O–H groups in total. The van der Waals surface area contributed by atoms with E-state index >= 15 is 0 Å². The molecule has 98 valence electrons. The second-order valence-electron chi connectivity index (χ2n) is 4.23. The van der Waals surface area contributed by atoms with Crippen LogP contribution in [0, 0.1) is 10.1 Å². The van der Waals surface area contributed by atoms with E-state index in [4.69, 9.17) is 10.5 Å². The SMILES string of the molecule is CC1OCCC1N(C)c1ncnc(N)c1[N+](=O)[O-]. The van der Waals surface area contributed by atoms with Crippen molar-refractivity contribution in [1.29, 1.82) is 0 Å². The number of anilines is 2. The lowest BCUT2D eigenvalue weighted by Gasteiger charge is -2.27. The highest BCUT2D eigenvalue weighted by atomic mass is 16.6. The van der Waals surface area contributed by atoms with Gasteiger partial charge in [0, 0.05) is 13.7 Å². The van der Waals surface area contributed by atoms with Crippen LogP contribution in [-0.4, -0.2) is 40.7 Å². The Bertz CT molecular complexity index is 467. The van der Waals surface area contributed by atoms with Gasteiger partial charge in [0.05, 0.1) is 17.1 Å². The van der Waals surface area contributed by atoms with Gasteiger partial charge in [-0.2, -0.15) is 0 Å². The van der Waals surface area contributed by atoms with E-state index in [0.717, 1.165) is 6.42 Å². The van der Waals surface area contributed by atoms with Crippen molar-refractivity contribution in [2.45, 2.75) is 25.5 Å². The van der Waals surface area contributed by atoms with Crippen molar-refractivity contribution in [3.05, 3.63) is 16.4 Å². The summed E-state index contributed by atoms with van der Waals surface area (Å²) in [5.74, 6) is 0.110. The van der Waals surface area contributed by atoms with Crippen molar-refractivity contribution in [3.8, 4) is 0 Å². The largest absolute Gasteiger partial charge is 0.378 e. The molecule has 8 heteroatoms. The van der Waals surface area contributed by atoms with E-state index in [2.05, 4.69) is 9.97 Å². The first kappa shape index (κ1) is 12.5. The molecule has 0 aliphatic carbocycles. The van der Waals surface area contributed by atoms with Gasteiger partial charge in [0.15, 0.2) is 0 Å². The first-order valence-corrected chi connectivity index (χ1v) is 5.61. The van der Waals surface area contributed by atoms with Crippen LogP contribution in [0.15, 0.2) is 6.33 Å². The molecule has 0 radical (unpaired) electrons. The van der Waals surface area contributed by atoms with Crippen LogP contribution in [0.25, 0.3) is 0 Å². The molecule has 2 heterocycles. The van der Waals surface area contributed by atoms with E-state index in [1.54, 1.807) is 11.9 Å². The van der Waals surface area contributed by atoms with E-state index < -0.39 is 4.92 Å². The average Bonchev–Trinajstić information content (AvgIpc) is 2.73. The summed E-state index contributed by atoms with van der Waals surface area (Å²) in [6.07, 6.45) is 2.04. The second-order valence-corrected chi connectivity index (χ2v) is 4.23. The van der Waals surface area contributed by atoms with Crippen molar-refractivity contribution in [3.63, 3.8) is 0 Å². The van der Waals surface area contributed by atoms with Gasteiger partial charge in [-0.3, -0.25) is 10.1 Å². The minimum Gasteiger partial charge on any atom is -0.378 e. The van der Waals surface area contributed by atoms with Crippen LogP contribution in [0.5, 0.6) is 0 Å². The molecule has 0 saturated carbocycles. The maximum absolute atomic E-state index is 11.0. The Morgan fingerprint density at radius 3 is 2.89 bits per heavy atom. The average molecular weight is 253 g/mol. The van der Waals surface area contributed by atoms with Crippen LogP contribution >= 0.6 is 0 Å². The predicted octanol–water partition coefficient (Wildman–Crippen LogP) is 0.581. The molecular formula is C10H15N5O3. The highest BCUT2D eigenvalue weighted by molar-refractivity contribution is 5.68. The summed E-state index contributed by atoms with van der Waals surface area (Å²) in [7, 11) is 1.75. The molecule has 8 nitrogen and oxygen atoms in total. The number of nitrogens with zero attached hydrogens (tertiary/aromatic N) is 4. The molecule has 2 rings (SSSR count). The van der Waals surface area contributed by atoms with Crippen LogP contribution in [0.3, 0.4) is 0 Å². The maximum atomic E-state index is 11.0. The predicted molar refractivity (Wildman–Crippen MR) is 65.3 cm³/mol. The first-order chi connectivity index (χ1) is 8.52. The number of hydrogen-bond donors (Lipinski definition) is 1. The first-order valence-electron chi connectivity index (χ1n) is 5.61. The number of hydrogen-bond acceptors (Lipinski definition) is 7. The zero-order chi connectivity index (χ0) is 13.3. The molecule has 1 saturated heterocycles. The number of likely N-dealkylation sites (N-methyl/N-ethyl adjacent to an activating group) is 1. The van der Waals surface area contributed by atoms with Crippen LogP contribution in [-0.2, 0) is 4.74 Å². The van der Waals surface area contributed by atoms with Gasteiger partial charge in [-0.1, -0.05) is 0 Å². The Morgan fingerprint density at radius 2 is 2.33 bits per heavy atom. The molecule has 18 heavy (non-hydrogen) atoms. The Morgan fingerprint density at radius 1 is 1.61 bits per heavy atom. The minimum absolute atomic E-state index is 0.00536. The van der Waals surface area contributed by atoms with Gasteiger partial charge in [-0.15, -0.1) is 0 Å². The lowest BCUT2D eigenvalue weighted by molar-refractivity contribution is -0.383. The lowest BCUT2D eigenvalue weighted by atomic mass is 10.1. The quantitative estimate of drug-likeness (QED) is 0.620. The van der Waals surface area contributed by atoms with E-state index in [0.29, 0.717) is 6.61 Å². The van der Waals surface area contributed by atoms with Gasteiger partial charge < -0.3 is 15.4 Å². The Labute approximate surface area is 104 Å². The topological polar surface area (TPSA) is 107 Å². The zero-order valence-corrected chi connectivity index (χ0v) is 10.2. The van der Waals surface area contributed by atoms with Crippen molar-refractivity contribution in [1.82, 2.24) is 9.97 Å². The maximum Gasteiger partial charge on any atom is 0.353 e. The molecule has 1 aliphatic rings. The van der Waals surface area contributed by atoms with Crippen molar-refractivity contribution in [2.75, 3.05) is 24.3 Å². The van der Waals surface area contributed by atoms with Crippen LogP contribution in [0.4, 0.5) is 17.3 Å². The van der Waals surface area contributed by atoms with E-state index in [-0.39, 0.29) is 29.5 Å². The molecule has 1 aliphatic heterocycles. The summed E-state index contributed by atoms with van der Waals surface area (Å²) >= 11 is 0. The number of rotatable bonds is 3. The summed E-state index contributed by atoms with van der Waals surface area (Å²) in [6, 6.07) is 0.0537. The number of nitrogens with two attached hydrogens (primary N) is 1. The monoisotopic (exact) mass is 253 g/mol. The molecule has 1 aromatic heterocycles. The third-order valence-corrected chi connectivity index (χ3v) is 3.18. The van der Waals surface area contributed by atoms with Gasteiger partial charge in [-0.25, -0.2) is 9.97 Å². The molecule has 0 aromatic carbocycles. The molecule has 0 bridgehead atoms. The molecule has 1 aromatic rings. The molecule has 2 atom stereocenters. The minimum atomic E-state index is -0.554. The van der Waals surface area contributed by atoms with Crippen molar-refractivity contribution >= 4 is 17.3 Å². The number of nitrogen functional groups attached to an aromatic ring is 1. The highest BCUT2D eigenvalue weighted by Crippen LogP contribution is 2.32. The fourth-order valence-electron chi connectivity index (χ4n) is 2.20. The molecule has 1 fully saturated rings. The summed E-state index contributed by atoms with van der Waals surface area (Å²) in [4.78, 5) is 19.9. The summed E-state index contributed by atoms with van der Waals surface area (Å²) in [6.45, 7) is 2.58. The summed E-state index contributed by atoms with van der Waals surface area (Å²) < 4.78 is 5.45. The van der Waals surface area contributed by atoms with Crippen molar-refractivity contribution < 1.29 is 9.66 Å². The second kappa shape index (κ2) is 4.73. The molecular weight excluding hydrogens is 238 g/mol. The van der Waals surface area contributed by atoms with Gasteiger partial charge in [0.1, 0.15) is 6.33 Å². The fourth-order valence-corrected chi connectivity index (χ4v) is 2.20. The number of nitro groups is 1. The van der Waals surface area contributed by atoms with Crippen LogP contribution < -0.4 is 10.6 Å². The fraction of sp³-hybridized carbons (Fsp3) is 0.600. The smallest absolute Gasteiger partial charge is 0.353 e. The summed E-state index contributed by atoms with van der Waals surface area (Å²) in [5, 5.41) is 11.0. The van der Waals surface area contributed by atoms with Crippen LogP contribution in [0.1, 0.15) is 13.3 Å². The number of ether oxygens (including phenoxy) is 1. The molecule has 0 spiro atoms. The van der Waals surface area contributed by atoms with E-state index in [1.165, 1.54) is 6.33 Å². The van der Waals surface area contributed by atoms with Crippen molar-refractivity contribution in [2.24, 2.45) is 0 Å². The standard InChI is InChI=1S/C10H15N5O3/c1-6-7(3-4-18-6)14(2)10-8(15(16)17)9(11)12-5-13-10/h5-7H,3-4H2,1-2H3,(H2,11,12,13). The van der Waals surface area contributed by atoms with Gasteiger partial charge in [0.25, 0.3) is 0 Å². The van der Waals surface area contributed by atoms with E-state index in [9.17, 15) is 10.1 Å². The molecule has 2 unspecified atom stereocenters. The van der Waals surface area contributed by atoms with Gasteiger partial charge in [0.2, 0.25) is 11.6 Å². The zero-order valence-electron chi connectivity index (χ0n) is 10.2. The highest BCUT2D eigenvalue weighted by Gasteiger charge is 2.33. The normalized spacial score (nSPS) is 23.0. The van der Waals surface area contributed by atoms with Gasteiger partial charge in [-0.05, 0) is 13.3 Å². The lowest BCUT2D eigenvalue weighted by Crippen LogP contribution is -2.37. The molecule has 0 amide bonds. The summed E-state index contributed by atoms with van der Waals surface area (Å²) in [5.41, 5.74) is 5.29. The van der Waals surface area contributed by atoms with E-state index in [1.807, 2.05) is 6.92 Å². The van der Waals surface area contributed by atoms with Gasteiger partial charge >= 0.3 is 5.69 Å². The Kier molecular flexibility index (Phi) is 3.28. The number of aromatic nitrogens is 2.